The van der Waals surface area contributed by atoms with E-state index in [0.717, 1.165) is 0 Å². The van der Waals surface area contributed by atoms with Gasteiger partial charge in [0.05, 0.1) is 24.0 Å². The van der Waals surface area contributed by atoms with Crippen LogP contribution in [0, 0.1) is 16.0 Å². The first-order chi connectivity index (χ1) is 20.8. The number of nitro groups is 1. The summed E-state index contributed by atoms with van der Waals surface area (Å²) in [4.78, 5) is 57.2. The van der Waals surface area contributed by atoms with Gasteiger partial charge in [0, 0.05) is 56.9 Å². The predicted molar refractivity (Wildman–Crippen MR) is 158 cm³/mol. The maximum Gasteiger partial charge on any atom is 0.269 e. The highest BCUT2D eigenvalue weighted by Crippen LogP contribution is 2.52. The summed E-state index contributed by atoms with van der Waals surface area (Å²) in [6.45, 7) is 1.79. The number of carbonyl (C=O) groups excluding carboxylic acids is 3. The molecule has 0 aliphatic carbocycles. The van der Waals surface area contributed by atoms with Gasteiger partial charge in [-0.25, -0.2) is 0 Å². The zero-order chi connectivity index (χ0) is 30.5. The monoisotopic (exact) mass is 586 g/mol. The summed E-state index contributed by atoms with van der Waals surface area (Å²) in [6, 6.07) is 19.9. The van der Waals surface area contributed by atoms with Gasteiger partial charge in [-0.15, -0.1) is 0 Å². The van der Waals surface area contributed by atoms with Crippen molar-refractivity contribution in [3.8, 4) is 5.75 Å². The van der Waals surface area contributed by atoms with Crippen molar-refractivity contribution in [1.82, 2.24) is 15.1 Å². The predicted octanol–water partition coefficient (Wildman–Crippen LogP) is 3.22. The van der Waals surface area contributed by atoms with Crippen molar-refractivity contribution in [3.63, 3.8) is 0 Å². The van der Waals surface area contributed by atoms with E-state index in [0.29, 0.717) is 48.6 Å². The normalized spacial score (nSPS) is 21.8. The number of likely N-dealkylation sites (tertiary alicyclic amines) is 1. The number of hydrogen-bond acceptors (Lipinski definition) is 8. The Balaban J connectivity index is 1.75. The van der Waals surface area contributed by atoms with E-state index in [1.807, 2.05) is 6.07 Å². The van der Waals surface area contributed by atoms with E-state index in [-0.39, 0.29) is 24.0 Å². The lowest BCUT2D eigenvalue weighted by Crippen LogP contribution is -2.55. The zero-order valence-corrected chi connectivity index (χ0v) is 24.0. The van der Waals surface area contributed by atoms with E-state index in [2.05, 4.69) is 5.32 Å². The van der Waals surface area contributed by atoms with Crippen LogP contribution in [0.15, 0.2) is 78.9 Å². The minimum Gasteiger partial charge on any atom is -0.497 e. The van der Waals surface area contributed by atoms with E-state index in [4.69, 9.17) is 9.47 Å². The molecule has 4 unspecified atom stereocenters. The van der Waals surface area contributed by atoms with E-state index >= 15 is 0 Å². The second-order valence-electron chi connectivity index (χ2n) is 10.6. The number of non-ortho nitro benzene ring substituents is 1. The van der Waals surface area contributed by atoms with Crippen LogP contribution in [0.1, 0.15) is 33.4 Å². The molecule has 5 rings (SSSR count). The van der Waals surface area contributed by atoms with Crippen LogP contribution < -0.4 is 10.1 Å². The third-order valence-electron chi connectivity index (χ3n) is 8.21. The minimum absolute atomic E-state index is 0.114. The number of methoxy groups -OCH3 is 2. The van der Waals surface area contributed by atoms with Crippen molar-refractivity contribution >= 4 is 23.3 Å². The summed E-state index contributed by atoms with van der Waals surface area (Å²) in [7, 11) is 2.96. The lowest BCUT2D eigenvalue weighted by atomic mass is 9.76. The van der Waals surface area contributed by atoms with Gasteiger partial charge in [0.1, 0.15) is 18.4 Å². The lowest BCUT2D eigenvalue weighted by molar-refractivity contribution is -0.384. The number of rotatable bonds is 9. The molecule has 2 heterocycles. The molecule has 11 nitrogen and oxygen atoms in total. The Morgan fingerprint density at radius 1 is 0.907 bits per heavy atom. The van der Waals surface area contributed by atoms with Crippen LogP contribution in [-0.4, -0.2) is 85.4 Å². The molecule has 0 radical (unpaired) electrons. The molecule has 2 aliphatic heterocycles. The Kier molecular flexibility index (Phi) is 9.13. The summed E-state index contributed by atoms with van der Waals surface area (Å²) >= 11 is 0. The van der Waals surface area contributed by atoms with Crippen LogP contribution in [0.25, 0.3) is 0 Å². The van der Waals surface area contributed by atoms with Crippen LogP contribution in [0.5, 0.6) is 5.75 Å². The zero-order valence-electron chi connectivity index (χ0n) is 24.0. The molecule has 43 heavy (non-hydrogen) atoms. The number of nitrogens with one attached hydrogen (secondary N) is 1. The van der Waals surface area contributed by atoms with Gasteiger partial charge in [-0.3, -0.25) is 24.5 Å². The first kappa shape index (κ1) is 29.9. The SMILES string of the molecule is COCC(=O)N1C(C(=O)N2CCNCC2)C(c2ccc([N+](=O)[O-])cc2)C(C(=O)c2ccccc2)C1c1ccc(OC)cc1. The van der Waals surface area contributed by atoms with Crippen molar-refractivity contribution in [3.05, 3.63) is 106 Å². The number of hydrogen-bond donors (Lipinski definition) is 1. The number of nitrogens with zero attached hydrogens (tertiary/aromatic N) is 3. The Labute approximate surface area is 249 Å². The molecule has 224 valence electrons. The van der Waals surface area contributed by atoms with Crippen LogP contribution in [0.3, 0.4) is 0 Å². The molecule has 11 heteroatoms. The van der Waals surface area contributed by atoms with E-state index in [9.17, 15) is 24.5 Å². The number of Topliss-reactive ketones (excluding diaryl/α,β-unsaturated/α-hetero) is 1. The summed E-state index contributed by atoms with van der Waals surface area (Å²) in [6.07, 6.45) is 0. The van der Waals surface area contributed by atoms with Crippen LogP contribution in [0.4, 0.5) is 5.69 Å². The molecule has 2 saturated heterocycles. The number of amides is 2. The lowest BCUT2D eigenvalue weighted by Gasteiger charge is -2.36. The topological polar surface area (TPSA) is 131 Å². The molecule has 0 aromatic heterocycles. The molecule has 0 saturated carbocycles. The molecule has 3 aromatic carbocycles. The van der Waals surface area contributed by atoms with Gasteiger partial charge in [-0.2, -0.15) is 0 Å². The van der Waals surface area contributed by atoms with Gasteiger partial charge in [0.2, 0.25) is 11.8 Å². The van der Waals surface area contributed by atoms with Gasteiger partial charge in [-0.05, 0) is 23.3 Å². The molecule has 0 bridgehead atoms. The quantitative estimate of drug-likeness (QED) is 0.230. The van der Waals surface area contributed by atoms with Crippen molar-refractivity contribution in [2.45, 2.75) is 18.0 Å². The number of piperazine rings is 1. The van der Waals surface area contributed by atoms with Crippen LogP contribution >= 0.6 is 0 Å². The largest absolute Gasteiger partial charge is 0.497 e. The highest BCUT2D eigenvalue weighted by atomic mass is 16.6. The molecule has 0 spiro atoms. The molecule has 2 fully saturated rings. The van der Waals surface area contributed by atoms with Crippen molar-refractivity contribution in [2.24, 2.45) is 5.92 Å². The van der Waals surface area contributed by atoms with Gasteiger partial charge in [0.15, 0.2) is 5.78 Å². The fraction of sp³-hybridized carbons (Fsp3) is 0.344. The maximum atomic E-state index is 14.5. The van der Waals surface area contributed by atoms with E-state index in [1.165, 1.54) is 24.1 Å². The highest BCUT2D eigenvalue weighted by Gasteiger charge is 2.58. The molecule has 3 aromatic rings. The highest BCUT2D eigenvalue weighted by molar-refractivity contribution is 6.02. The number of nitro benzene ring substituents is 1. The summed E-state index contributed by atoms with van der Waals surface area (Å²) in [5, 5.41) is 14.7. The number of benzene rings is 3. The Hall–Kier alpha value is -4.61. The average molecular weight is 587 g/mol. The van der Waals surface area contributed by atoms with Crippen LogP contribution in [-0.2, 0) is 14.3 Å². The third-order valence-corrected chi connectivity index (χ3v) is 8.21. The molecule has 2 aliphatic rings. The van der Waals surface area contributed by atoms with Crippen molar-refractivity contribution < 1.29 is 28.8 Å². The van der Waals surface area contributed by atoms with E-state index in [1.54, 1.807) is 72.7 Å². The summed E-state index contributed by atoms with van der Waals surface area (Å²) < 4.78 is 10.6. The second-order valence-corrected chi connectivity index (χ2v) is 10.6. The van der Waals surface area contributed by atoms with Crippen molar-refractivity contribution in [2.75, 3.05) is 47.0 Å². The number of ketones is 1. The Bertz CT molecular complexity index is 1460. The fourth-order valence-electron chi connectivity index (χ4n) is 6.24. The summed E-state index contributed by atoms with van der Waals surface area (Å²) in [5.74, 6) is -2.06. The first-order valence-electron chi connectivity index (χ1n) is 14.1. The number of ether oxygens (including phenoxy) is 2. The van der Waals surface area contributed by atoms with Gasteiger partial charge in [0.25, 0.3) is 5.69 Å². The average Bonchev–Trinajstić information content (AvgIpc) is 3.41. The Morgan fingerprint density at radius 2 is 1.53 bits per heavy atom. The van der Waals surface area contributed by atoms with Crippen LogP contribution in [0.2, 0.25) is 0 Å². The molecular weight excluding hydrogens is 552 g/mol. The molecule has 1 N–H and O–H groups in total. The van der Waals surface area contributed by atoms with Gasteiger partial charge >= 0.3 is 0 Å². The Morgan fingerprint density at radius 3 is 2.12 bits per heavy atom. The maximum absolute atomic E-state index is 14.5. The first-order valence-corrected chi connectivity index (χ1v) is 14.1. The smallest absolute Gasteiger partial charge is 0.269 e. The standard InChI is InChI=1S/C32H34N4O7/c1-42-20-26(37)35-29(22-10-14-25(43-2)15-11-22)28(31(38)23-6-4-3-5-7-23)27(21-8-12-24(13-9-21)36(40)41)30(35)32(39)34-18-16-33-17-19-34/h3-15,27-30,33H,16-20H2,1-2H3. The minimum atomic E-state index is -1.06. The van der Waals surface area contributed by atoms with Gasteiger partial charge < -0.3 is 24.6 Å². The van der Waals surface area contributed by atoms with Gasteiger partial charge in [-0.1, -0.05) is 54.6 Å². The second kappa shape index (κ2) is 13.1. The molecule has 2 amide bonds. The number of carbonyl (C=O) groups is 3. The fourth-order valence-corrected chi connectivity index (χ4v) is 6.24. The third kappa shape index (κ3) is 5.99. The summed E-state index contributed by atoms with van der Waals surface area (Å²) in [5.41, 5.74) is 1.53. The molecule has 4 atom stereocenters. The van der Waals surface area contributed by atoms with E-state index < -0.39 is 34.7 Å². The molecular formula is C32H34N4O7. The van der Waals surface area contributed by atoms with Crippen molar-refractivity contribution in [1.29, 1.82) is 0 Å².